The Kier molecular flexibility index (Phi) is 4.24. The van der Waals surface area contributed by atoms with E-state index in [0.717, 1.165) is 11.8 Å². The molecular formula is C14H16FN3O2S. The summed E-state index contributed by atoms with van der Waals surface area (Å²) in [5.74, 6) is -0.633. The molecule has 0 unspecified atom stereocenters. The Morgan fingerprint density at radius 1 is 1.24 bits per heavy atom. The topological polar surface area (TPSA) is 85.1 Å². The van der Waals surface area contributed by atoms with Crippen molar-refractivity contribution >= 4 is 15.7 Å². The van der Waals surface area contributed by atoms with Crippen molar-refractivity contribution in [3.8, 4) is 0 Å². The number of nitrogens with zero attached hydrogens (tertiary/aromatic N) is 1. The molecule has 1 aromatic heterocycles. The lowest BCUT2D eigenvalue weighted by atomic mass is 10.2. The summed E-state index contributed by atoms with van der Waals surface area (Å²) in [6, 6.07) is 6.82. The van der Waals surface area contributed by atoms with Gasteiger partial charge in [-0.25, -0.2) is 12.8 Å². The Balaban J connectivity index is 2.45. The number of pyridine rings is 1. The molecule has 112 valence electrons. The van der Waals surface area contributed by atoms with Crippen LogP contribution in [0, 0.1) is 19.7 Å². The predicted molar refractivity (Wildman–Crippen MR) is 78.8 cm³/mol. The van der Waals surface area contributed by atoms with E-state index in [1.54, 1.807) is 19.1 Å². The van der Waals surface area contributed by atoms with Crippen LogP contribution in [0.3, 0.4) is 0 Å². The van der Waals surface area contributed by atoms with Gasteiger partial charge in [0.25, 0.3) is 10.0 Å². The summed E-state index contributed by atoms with van der Waals surface area (Å²) in [7, 11) is -3.92. The summed E-state index contributed by atoms with van der Waals surface area (Å²) in [4.78, 5) is 4.02. The first kappa shape index (κ1) is 15.4. The Morgan fingerprint density at radius 2 is 1.95 bits per heavy atom. The lowest BCUT2D eigenvalue weighted by Crippen LogP contribution is -2.17. The molecule has 0 amide bonds. The quantitative estimate of drug-likeness (QED) is 0.905. The van der Waals surface area contributed by atoms with Crippen molar-refractivity contribution in [2.24, 2.45) is 5.73 Å². The molecule has 0 saturated carbocycles. The average molecular weight is 309 g/mol. The molecule has 7 heteroatoms. The van der Waals surface area contributed by atoms with Crippen LogP contribution in [0.25, 0.3) is 0 Å². The minimum Gasteiger partial charge on any atom is -0.326 e. The molecule has 0 aliphatic rings. The van der Waals surface area contributed by atoms with Gasteiger partial charge in [0.2, 0.25) is 0 Å². The number of hydrogen-bond acceptors (Lipinski definition) is 4. The highest BCUT2D eigenvalue weighted by Crippen LogP contribution is 2.22. The third kappa shape index (κ3) is 3.37. The van der Waals surface area contributed by atoms with Gasteiger partial charge in [-0.1, -0.05) is 6.07 Å². The normalized spacial score (nSPS) is 11.4. The number of aryl methyl sites for hydroxylation is 2. The Bertz CT molecular complexity index is 776. The van der Waals surface area contributed by atoms with Gasteiger partial charge in [0.05, 0.1) is 16.3 Å². The zero-order valence-electron chi connectivity index (χ0n) is 11.7. The van der Waals surface area contributed by atoms with Gasteiger partial charge in [0.15, 0.2) is 0 Å². The third-order valence-corrected chi connectivity index (χ3v) is 4.46. The van der Waals surface area contributed by atoms with Crippen LogP contribution >= 0.6 is 0 Å². The minimum absolute atomic E-state index is 0.00164. The zero-order valence-corrected chi connectivity index (χ0v) is 12.5. The Morgan fingerprint density at radius 3 is 2.57 bits per heavy atom. The molecule has 0 aliphatic carbocycles. The van der Waals surface area contributed by atoms with Crippen LogP contribution in [-0.4, -0.2) is 13.4 Å². The molecule has 3 N–H and O–H groups in total. The van der Waals surface area contributed by atoms with Crippen molar-refractivity contribution in [2.45, 2.75) is 25.3 Å². The van der Waals surface area contributed by atoms with Crippen molar-refractivity contribution in [3.63, 3.8) is 0 Å². The molecule has 0 radical (unpaired) electrons. The maximum absolute atomic E-state index is 13.3. The molecule has 2 aromatic rings. The van der Waals surface area contributed by atoms with Crippen LogP contribution < -0.4 is 10.5 Å². The fourth-order valence-electron chi connectivity index (χ4n) is 1.94. The number of benzene rings is 1. The Hall–Kier alpha value is -1.99. The predicted octanol–water partition coefficient (Wildman–Crippen LogP) is 2.10. The number of sulfonamides is 1. The smallest absolute Gasteiger partial charge is 0.262 e. The molecule has 0 spiro atoms. The summed E-state index contributed by atoms with van der Waals surface area (Å²) in [5, 5.41) is 0. The van der Waals surface area contributed by atoms with Gasteiger partial charge in [-0.3, -0.25) is 9.71 Å². The Labute approximate surface area is 123 Å². The monoisotopic (exact) mass is 309 g/mol. The molecule has 1 heterocycles. The van der Waals surface area contributed by atoms with Crippen molar-refractivity contribution in [3.05, 3.63) is 53.1 Å². The first-order valence-corrected chi connectivity index (χ1v) is 7.77. The van der Waals surface area contributed by atoms with E-state index in [1.807, 2.05) is 6.92 Å². The molecule has 0 bridgehead atoms. The molecule has 0 fully saturated rings. The van der Waals surface area contributed by atoms with Gasteiger partial charge in [0.1, 0.15) is 5.82 Å². The summed E-state index contributed by atoms with van der Waals surface area (Å²) in [6.45, 7) is 3.51. The summed E-state index contributed by atoms with van der Waals surface area (Å²) in [6.07, 6.45) is 0. The molecule has 1 aromatic carbocycles. The van der Waals surface area contributed by atoms with Crippen molar-refractivity contribution in [1.82, 2.24) is 4.98 Å². The van der Waals surface area contributed by atoms with E-state index in [-0.39, 0.29) is 11.4 Å². The van der Waals surface area contributed by atoms with Crippen LogP contribution in [-0.2, 0) is 16.6 Å². The van der Waals surface area contributed by atoms with E-state index in [9.17, 15) is 12.8 Å². The average Bonchev–Trinajstić information content (AvgIpc) is 2.42. The summed E-state index contributed by atoms with van der Waals surface area (Å²) >= 11 is 0. The largest absolute Gasteiger partial charge is 0.326 e. The van der Waals surface area contributed by atoms with E-state index in [4.69, 9.17) is 5.73 Å². The van der Waals surface area contributed by atoms with Crippen molar-refractivity contribution in [1.29, 1.82) is 0 Å². The number of nitrogens with two attached hydrogens (primary N) is 1. The van der Waals surface area contributed by atoms with Crippen molar-refractivity contribution in [2.75, 3.05) is 4.72 Å². The molecule has 0 saturated heterocycles. The van der Waals surface area contributed by atoms with Crippen molar-refractivity contribution < 1.29 is 12.8 Å². The highest BCUT2D eigenvalue weighted by atomic mass is 32.2. The number of hydrogen-bond donors (Lipinski definition) is 2. The third-order valence-electron chi connectivity index (χ3n) is 3.01. The van der Waals surface area contributed by atoms with Crippen LogP contribution in [0.2, 0.25) is 0 Å². The van der Waals surface area contributed by atoms with E-state index in [2.05, 4.69) is 9.71 Å². The number of halogens is 1. The second-order valence-corrected chi connectivity index (χ2v) is 6.30. The van der Waals surface area contributed by atoms with Crippen LogP contribution in [0.15, 0.2) is 35.2 Å². The number of aromatic nitrogens is 1. The zero-order chi connectivity index (χ0) is 15.6. The van der Waals surface area contributed by atoms with E-state index in [1.165, 1.54) is 12.1 Å². The second-order valence-electron chi connectivity index (χ2n) is 4.65. The maximum Gasteiger partial charge on any atom is 0.262 e. The fourth-order valence-corrected chi connectivity index (χ4v) is 3.32. The van der Waals surface area contributed by atoms with Gasteiger partial charge >= 0.3 is 0 Å². The van der Waals surface area contributed by atoms with Gasteiger partial charge in [0, 0.05) is 12.2 Å². The van der Waals surface area contributed by atoms with E-state index in [0.29, 0.717) is 16.9 Å². The summed E-state index contributed by atoms with van der Waals surface area (Å²) in [5.41, 5.74) is 7.54. The SMILES string of the molecule is Cc1ccc(NS(=O)(=O)c2cc(F)ccc2CN)c(C)n1. The first-order chi connectivity index (χ1) is 9.83. The van der Waals surface area contributed by atoms with E-state index < -0.39 is 15.8 Å². The lowest BCUT2D eigenvalue weighted by Gasteiger charge is -2.13. The summed E-state index contributed by atoms with van der Waals surface area (Å²) < 4.78 is 40.6. The number of anilines is 1. The fraction of sp³-hybridized carbons (Fsp3) is 0.214. The molecule has 0 atom stereocenters. The molecule has 21 heavy (non-hydrogen) atoms. The number of nitrogens with one attached hydrogen (secondary N) is 1. The maximum atomic E-state index is 13.3. The molecular weight excluding hydrogens is 293 g/mol. The van der Waals surface area contributed by atoms with Gasteiger partial charge in [-0.05, 0) is 43.7 Å². The molecule has 2 rings (SSSR count). The number of rotatable bonds is 4. The van der Waals surface area contributed by atoms with Gasteiger partial charge < -0.3 is 5.73 Å². The minimum atomic E-state index is -3.92. The van der Waals surface area contributed by atoms with Gasteiger partial charge in [-0.15, -0.1) is 0 Å². The highest BCUT2D eigenvalue weighted by Gasteiger charge is 2.20. The first-order valence-electron chi connectivity index (χ1n) is 6.29. The van der Waals surface area contributed by atoms with E-state index >= 15 is 0 Å². The van der Waals surface area contributed by atoms with Crippen LogP contribution in [0.4, 0.5) is 10.1 Å². The van der Waals surface area contributed by atoms with Gasteiger partial charge in [-0.2, -0.15) is 0 Å². The molecule has 5 nitrogen and oxygen atoms in total. The highest BCUT2D eigenvalue weighted by molar-refractivity contribution is 7.92. The lowest BCUT2D eigenvalue weighted by molar-refractivity contribution is 0.593. The van der Waals surface area contributed by atoms with Crippen LogP contribution in [0.1, 0.15) is 17.0 Å². The van der Waals surface area contributed by atoms with Crippen LogP contribution in [0.5, 0.6) is 0 Å². The second kappa shape index (κ2) is 5.79. The molecule has 0 aliphatic heterocycles. The standard InChI is InChI=1S/C14H16FN3O2S/c1-9-3-6-13(10(2)17-9)18-21(19,20)14-7-12(15)5-4-11(14)8-16/h3-7,18H,8,16H2,1-2H3.